The summed E-state index contributed by atoms with van der Waals surface area (Å²) >= 11 is 0. The molecule has 1 fully saturated rings. The summed E-state index contributed by atoms with van der Waals surface area (Å²) in [5.74, 6) is 1.15. The number of hydrogen-bond acceptors (Lipinski definition) is 1. The van der Waals surface area contributed by atoms with E-state index in [1.807, 2.05) is 0 Å². The molecule has 0 aromatic heterocycles. The number of carbonyl (C=O) groups excluding carboxylic acids is 1. The average molecular weight is 325 g/mol. The van der Waals surface area contributed by atoms with Gasteiger partial charge in [-0.2, -0.15) is 0 Å². The van der Waals surface area contributed by atoms with Crippen LogP contribution in [-0.2, 0) is 11.2 Å². The molecule has 1 aromatic rings. The Hall–Kier alpha value is -1.63. The second-order valence-corrected chi connectivity index (χ2v) is 7.47. The summed E-state index contributed by atoms with van der Waals surface area (Å²) in [6.45, 7) is 13.0. The summed E-state index contributed by atoms with van der Waals surface area (Å²) in [6, 6.07) is 4.57. The Morgan fingerprint density at radius 2 is 1.88 bits per heavy atom. The minimum atomic E-state index is 0.214. The van der Waals surface area contributed by atoms with Crippen molar-refractivity contribution in [1.82, 2.24) is 0 Å². The molecule has 0 N–H and O–H groups in total. The summed E-state index contributed by atoms with van der Waals surface area (Å²) in [5.41, 5.74) is 6.72. The van der Waals surface area contributed by atoms with Gasteiger partial charge in [0.2, 0.25) is 0 Å². The zero-order valence-electron chi connectivity index (χ0n) is 15.8. The SMILES string of the molecule is C=C(Cc1cc(C)c(C)c(C)c1)C[C@H]1CCC(=O)[C@@H]1C/C=C\CC. The third kappa shape index (κ3) is 4.69. The molecule has 0 heterocycles. The minimum absolute atomic E-state index is 0.214. The van der Waals surface area contributed by atoms with Gasteiger partial charge in [0.25, 0.3) is 0 Å². The van der Waals surface area contributed by atoms with E-state index in [1.54, 1.807) is 0 Å². The highest BCUT2D eigenvalue weighted by Crippen LogP contribution is 2.36. The van der Waals surface area contributed by atoms with Crippen LogP contribution in [0.25, 0.3) is 0 Å². The molecule has 1 nitrogen and oxygen atoms in total. The molecule has 130 valence electrons. The maximum Gasteiger partial charge on any atom is 0.136 e. The highest BCUT2D eigenvalue weighted by atomic mass is 16.1. The number of allylic oxidation sites excluding steroid dienone is 3. The van der Waals surface area contributed by atoms with E-state index >= 15 is 0 Å². The topological polar surface area (TPSA) is 17.1 Å². The van der Waals surface area contributed by atoms with Gasteiger partial charge >= 0.3 is 0 Å². The molecule has 0 spiro atoms. The van der Waals surface area contributed by atoms with Gasteiger partial charge in [0, 0.05) is 12.3 Å². The fourth-order valence-corrected chi connectivity index (χ4v) is 3.91. The molecule has 1 aliphatic rings. The van der Waals surface area contributed by atoms with Crippen molar-refractivity contribution in [2.45, 2.75) is 66.2 Å². The average Bonchev–Trinajstić information content (AvgIpc) is 2.85. The van der Waals surface area contributed by atoms with E-state index in [-0.39, 0.29) is 5.92 Å². The summed E-state index contributed by atoms with van der Waals surface area (Å²) in [6.07, 6.45) is 10.0. The van der Waals surface area contributed by atoms with Crippen molar-refractivity contribution < 1.29 is 4.79 Å². The van der Waals surface area contributed by atoms with Crippen molar-refractivity contribution in [1.29, 1.82) is 0 Å². The van der Waals surface area contributed by atoms with Crippen LogP contribution < -0.4 is 0 Å². The van der Waals surface area contributed by atoms with E-state index in [4.69, 9.17) is 0 Å². The van der Waals surface area contributed by atoms with E-state index in [1.165, 1.54) is 27.8 Å². The zero-order valence-corrected chi connectivity index (χ0v) is 15.8. The predicted octanol–water partition coefficient (Wildman–Crippen LogP) is 6.05. The van der Waals surface area contributed by atoms with Crippen LogP contribution in [0.15, 0.2) is 36.4 Å². The monoisotopic (exact) mass is 324 g/mol. The summed E-state index contributed by atoms with van der Waals surface area (Å²) < 4.78 is 0. The Labute approximate surface area is 147 Å². The maximum absolute atomic E-state index is 12.2. The third-order valence-electron chi connectivity index (χ3n) is 5.53. The van der Waals surface area contributed by atoms with Crippen LogP contribution in [0.3, 0.4) is 0 Å². The number of hydrogen-bond donors (Lipinski definition) is 0. The Balaban J connectivity index is 1.98. The van der Waals surface area contributed by atoms with Gasteiger partial charge in [-0.3, -0.25) is 4.79 Å². The van der Waals surface area contributed by atoms with Crippen LogP contribution in [0.5, 0.6) is 0 Å². The molecule has 1 saturated carbocycles. The molecular weight excluding hydrogens is 292 g/mol. The first-order valence-corrected chi connectivity index (χ1v) is 9.33. The van der Waals surface area contributed by atoms with Crippen LogP contribution >= 0.6 is 0 Å². The molecule has 2 rings (SSSR count). The molecule has 2 atom stereocenters. The van der Waals surface area contributed by atoms with Gasteiger partial charge in [0.15, 0.2) is 0 Å². The normalized spacial score (nSPS) is 20.9. The first-order valence-electron chi connectivity index (χ1n) is 9.33. The first-order chi connectivity index (χ1) is 11.4. The third-order valence-corrected chi connectivity index (χ3v) is 5.53. The summed E-state index contributed by atoms with van der Waals surface area (Å²) in [4.78, 5) is 12.2. The van der Waals surface area contributed by atoms with Crippen molar-refractivity contribution in [2.24, 2.45) is 11.8 Å². The number of ketones is 1. The number of Topliss-reactive ketones (excluding diaryl/α,β-unsaturated/α-hetero) is 1. The van der Waals surface area contributed by atoms with Crippen LogP contribution in [0.4, 0.5) is 0 Å². The number of benzene rings is 1. The van der Waals surface area contributed by atoms with Crippen LogP contribution in [0.2, 0.25) is 0 Å². The van der Waals surface area contributed by atoms with E-state index < -0.39 is 0 Å². The Morgan fingerprint density at radius 3 is 2.50 bits per heavy atom. The van der Waals surface area contributed by atoms with Crippen molar-refractivity contribution in [3.63, 3.8) is 0 Å². The molecule has 0 aliphatic heterocycles. The molecule has 1 aromatic carbocycles. The molecule has 1 aliphatic carbocycles. The minimum Gasteiger partial charge on any atom is -0.299 e. The molecule has 0 amide bonds. The fourth-order valence-electron chi connectivity index (χ4n) is 3.91. The van der Waals surface area contributed by atoms with Gasteiger partial charge in [-0.1, -0.05) is 43.4 Å². The second-order valence-electron chi connectivity index (χ2n) is 7.47. The smallest absolute Gasteiger partial charge is 0.136 e. The maximum atomic E-state index is 12.2. The highest BCUT2D eigenvalue weighted by molar-refractivity contribution is 5.83. The molecule has 0 unspecified atom stereocenters. The second kappa shape index (κ2) is 8.46. The molecular formula is C23H32O. The Morgan fingerprint density at radius 1 is 1.21 bits per heavy atom. The first kappa shape index (κ1) is 18.7. The highest BCUT2D eigenvalue weighted by Gasteiger charge is 2.33. The predicted molar refractivity (Wildman–Crippen MR) is 103 cm³/mol. The lowest BCUT2D eigenvalue weighted by Crippen LogP contribution is -2.15. The number of aryl methyl sites for hydroxylation is 2. The largest absolute Gasteiger partial charge is 0.299 e. The van der Waals surface area contributed by atoms with Gasteiger partial charge in [0.05, 0.1) is 0 Å². The van der Waals surface area contributed by atoms with Crippen molar-refractivity contribution >= 4 is 5.78 Å². The lowest BCUT2D eigenvalue weighted by molar-refractivity contribution is -0.121. The summed E-state index contributed by atoms with van der Waals surface area (Å²) in [5, 5.41) is 0. The molecule has 0 radical (unpaired) electrons. The van der Waals surface area contributed by atoms with Gasteiger partial charge in [-0.25, -0.2) is 0 Å². The summed E-state index contributed by atoms with van der Waals surface area (Å²) in [7, 11) is 0. The lowest BCUT2D eigenvalue weighted by atomic mass is 9.85. The standard InChI is InChI=1S/C23H32O/c1-6-7-8-9-22-21(10-11-23(22)24)13-16(2)12-20-14-17(3)19(5)18(4)15-20/h7-8,14-15,21-22H,2,6,9-13H2,1,3-5H3/b8-7-/t21-,22-/m1/s1. The Kier molecular flexibility index (Phi) is 6.60. The number of rotatable bonds is 7. The van der Waals surface area contributed by atoms with Crippen LogP contribution in [0, 0.1) is 32.6 Å². The molecule has 24 heavy (non-hydrogen) atoms. The molecule has 0 saturated heterocycles. The fraction of sp³-hybridized carbons (Fsp3) is 0.522. The number of carbonyl (C=O) groups is 1. The van der Waals surface area contributed by atoms with Crippen LogP contribution in [0.1, 0.15) is 61.3 Å². The van der Waals surface area contributed by atoms with Crippen LogP contribution in [-0.4, -0.2) is 5.78 Å². The quantitative estimate of drug-likeness (QED) is 0.558. The van der Waals surface area contributed by atoms with E-state index in [2.05, 4.69) is 58.6 Å². The van der Waals surface area contributed by atoms with Gasteiger partial charge in [-0.15, -0.1) is 0 Å². The zero-order chi connectivity index (χ0) is 17.7. The Bertz CT molecular complexity index is 612. The van der Waals surface area contributed by atoms with Gasteiger partial charge in [-0.05, 0) is 81.0 Å². The lowest BCUT2D eigenvalue weighted by Gasteiger charge is -2.19. The van der Waals surface area contributed by atoms with Crippen molar-refractivity contribution in [2.75, 3.05) is 0 Å². The molecule has 0 bridgehead atoms. The van der Waals surface area contributed by atoms with Gasteiger partial charge in [0.1, 0.15) is 5.78 Å². The van der Waals surface area contributed by atoms with E-state index in [0.717, 1.165) is 38.5 Å². The van der Waals surface area contributed by atoms with E-state index in [0.29, 0.717) is 11.7 Å². The van der Waals surface area contributed by atoms with Crippen molar-refractivity contribution in [3.05, 3.63) is 58.7 Å². The van der Waals surface area contributed by atoms with Gasteiger partial charge < -0.3 is 0 Å². The molecule has 1 heteroatoms. The van der Waals surface area contributed by atoms with E-state index in [9.17, 15) is 4.79 Å². The van der Waals surface area contributed by atoms with Crippen molar-refractivity contribution in [3.8, 4) is 0 Å².